The van der Waals surface area contributed by atoms with E-state index in [0.29, 0.717) is 24.8 Å². The smallest absolute Gasteiger partial charge is 0.261 e. The standard InChI is InChI=1S/C23H29IN2O3/c1-16(2)13-25-23(28)18(4)26(14-19-7-5-17(3)6-8-19)22(27)15-29-21-11-9-20(24)10-12-21/h5-12,16,18H,13-15H2,1-4H3,(H,25,28). The van der Waals surface area contributed by atoms with Gasteiger partial charge in [-0.2, -0.15) is 0 Å². The van der Waals surface area contributed by atoms with E-state index < -0.39 is 6.04 Å². The quantitative estimate of drug-likeness (QED) is 0.518. The first-order valence-electron chi connectivity index (χ1n) is 9.77. The maximum Gasteiger partial charge on any atom is 0.261 e. The Hall–Kier alpha value is -2.09. The van der Waals surface area contributed by atoms with Gasteiger partial charge in [0, 0.05) is 16.7 Å². The van der Waals surface area contributed by atoms with Crippen LogP contribution in [0, 0.1) is 16.4 Å². The fourth-order valence-electron chi connectivity index (χ4n) is 2.68. The molecule has 0 aliphatic heterocycles. The molecule has 0 radical (unpaired) electrons. The van der Waals surface area contributed by atoms with E-state index in [2.05, 4.69) is 27.9 Å². The molecule has 0 fully saturated rings. The zero-order valence-electron chi connectivity index (χ0n) is 17.4. The Kier molecular flexibility index (Phi) is 8.95. The van der Waals surface area contributed by atoms with Gasteiger partial charge in [0.1, 0.15) is 11.8 Å². The van der Waals surface area contributed by atoms with E-state index in [1.807, 2.05) is 69.3 Å². The third-order valence-electron chi connectivity index (χ3n) is 4.50. The highest BCUT2D eigenvalue weighted by atomic mass is 127. The van der Waals surface area contributed by atoms with Crippen molar-refractivity contribution in [1.29, 1.82) is 0 Å². The Morgan fingerprint density at radius 2 is 1.66 bits per heavy atom. The second-order valence-electron chi connectivity index (χ2n) is 7.56. The van der Waals surface area contributed by atoms with Crippen molar-refractivity contribution in [2.24, 2.45) is 5.92 Å². The van der Waals surface area contributed by atoms with Crippen molar-refractivity contribution in [3.8, 4) is 5.75 Å². The second kappa shape index (κ2) is 11.2. The van der Waals surface area contributed by atoms with Crippen LogP contribution < -0.4 is 10.1 Å². The van der Waals surface area contributed by atoms with Crippen LogP contribution in [-0.2, 0) is 16.1 Å². The largest absolute Gasteiger partial charge is 0.484 e. The molecule has 29 heavy (non-hydrogen) atoms. The van der Waals surface area contributed by atoms with Gasteiger partial charge in [-0.15, -0.1) is 0 Å². The Morgan fingerprint density at radius 3 is 2.24 bits per heavy atom. The molecule has 2 amide bonds. The van der Waals surface area contributed by atoms with Crippen molar-refractivity contribution in [3.63, 3.8) is 0 Å². The Morgan fingerprint density at radius 1 is 1.03 bits per heavy atom. The van der Waals surface area contributed by atoms with E-state index in [1.165, 1.54) is 0 Å². The van der Waals surface area contributed by atoms with Crippen molar-refractivity contribution in [1.82, 2.24) is 10.2 Å². The van der Waals surface area contributed by atoms with Crippen LogP contribution in [0.25, 0.3) is 0 Å². The van der Waals surface area contributed by atoms with Crippen molar-refractivity contribution >= 4 is 34.4 Å². The molecule has 0 aliphatic rings. The van der Waals surface area contributed by atoms with E-state index >= 15 is 0 Å². The number of amides is 2. The summed E-state index contributed by atoms with van der Waals surface area (Å²) in [6, 6.07) is 14.9. The molecule has 0 aliphatic carbocycles. The number of carbonyl (C=O) groups is 2. The van der Waals surface area contributed by atoms with Crippen molar-refractivity contribution in [3.05, 3.63) is 63.2 Å². The zero-order valence-corrected chi connectivity index (χ0v) is 19.6. The molecule has 2 rings (SSSR count). The van der Waals surface area contributed by atoms with Crippen LogP contribution in [-0.4, -0.2) is 35.9 Å². The highest BCUT2D eigenvalue weighted by Gasteiger charge is 2.26. The fraction of sp³-hybridized carbons (Fsp3) is 0.391. The number of hydrogen-bond donors (Lipinski definition) is 1. The predicted molar refractivity (Wildman–Crippen MR) is 124 cm³/mol. The zero-order chi connectivity index (χ0) is 21.4. The number of ether oxygens (including phenoxy) is 1. The molecule has 156 valence electrons. The number of benzene rings is 2. The van der Waals surface area contributed by atoms with Crippen molar-refractivity contribution in [2.45, 2.75) is 40.3 Å². The summed E-state index contributed by atoms with van der Waals surface area (Å²) in [6.07, 6.45) is 0. The number of aryl methyl sites for hydroxylation is 1. The van der Waals surface area contributed by atoms with Gasteiger partial charge in [0.05, 0.1) is 0 Å². The number of carbonyl (C=O) groups excluding carboxylic acids is 2. The summed E-state index contributed by atoms with van der Waals surface area (Å²) in [5, 5.41) is 2.92. The molecular formula is C23H29IN2O3. The van der Waals surface area contributed by atoms with Gasteiger partial charge in [0.15, 0.2) is 6.61 Å². The Labute approximate surface area is 187 Å². The van der Waals surface area contributed by atoms with Crippen molar-refractivity contribution in [2.75, 3.05) is 13.2 Å². The van der Waals surface area contributed by atoms with E-state index in [1.54, 1.807) is 11.8 Å². The van der Waals surface area contributed by atoms with Crippen LogP contribution in [0.2, 0.25) is 0 Å². The van der Waals surface area contributed by atoms with Crippen LogP contribution in [0.3, 0.4) is 0 Å². The molecule has 1 unspecified atom stereocenters. The minimum Gasteiger partial charge on any atom is -0.484 e. The topological polar surface area (TPSA) is 58.6 Å². The predicted octanol–water partition coefficient (Wildman–Crippen LogP) is 4.17. The van der Waals surface area contributed by atoms with Crippen LogP contribution in [0.4, 0.5) is 0 Å². The summed E-state index contributed by atoms with van der Waals surface area (Å²) in [6.45, 7) is 8.66. The third kappa shape index (κ3) is 7.68. The Balaban J connectivity index is 2.10. The molecular weight excluding hydrogens is 479 g/mol. The normalized spacial score (nSPS) is 11.8. The molecule has 6 heteroatoms. The van der Waals surface area contributed by atoms with Crippen LogP contribution in [0.5, 0.6) is 5.75 Å². The lowest BCUT2D eigenvalue weighted by Crippen LogP contribution is -2.49. The average molecular weight is 508 g/mol. The van der Waals surface area contributed by atoms with Gasteiger partial charge in [0.25, 0.3) is 5.91 Å². The molecule has 0 saturated carbocycles. The molecule has 2 aromatic carbocycles. The maximum absolute atomic E-state index is 13.0. The summed E-state index contributed by atoms with van der Waals surface area (Å²) < 4.78 is 6.76. The molecule has 1 N–H and O–H groups in total. The van der Waals surface area contributed by atoms with Gasteiger partial charge in [-0.1, -0.05) is 43.7 Å². The van der Waals surface area contributed by atoms with E-state index in [0.717, 1.165) is 14.7 Å². The SMILES string of the molecule is Cc1ccc(CN(C(=O)COc2ccc(I)cc2)C(C)C(=O)NCC(C)C)cc1. The lowest BCUT2D eigenvalue weighted by Gasteiger charge is -2.29. The number of nitrogens with one attached hydrogen (secondary N) is 1. The summed E-state index contributed by atoms with van der Waals surface area (Å²) >= 11 is 2.22. The molecule has 0 spiro atoms. The van der Waals surface area contributed by atoms with E-state index in [4.69, 9.17) is 4.74 Å². The molecule has 0 heterocycles. The van der Waals surface area contributed by atoms with Crippen LogP contribution in [0.1, 0.15) is 31.9 Å². The van der Waals surface area contributed by atoms with Gasteiger partial charge in [-0.05, 0) is 72.2 Å². The highest BCUT2D eigenvalue weighted by molar-refractivity contribution is 14.1. The first-order chi connectivity index (χ1) is 13.8. The number of nitrogens with zero attached hydrogens (tertiary/aromatic N) is 1. The second-order valence-corrected chi connectivity index (χ2v) is 8.81. The van der Waals surface area contributed by atoms with Gasteiger partial charge >= 0.3 is 0 Å². The highest BCUT2D eigenvalue weighted by Crippen LogP contribution is 2.15. The maximum atomic E-state index is 13.0. The minimum atomic E-state index is -0.595. The molecule has 2 aromatic rings. The van der Waals surface area contributed by atoms with Crippen LogP contribution in [0.15, 0.2) is 48.5 Å². The summed E-state index contributed by atoms with van der Waals surface area (Å²) in [4.78, 5) is 27.1. The lowest BCUT2D eigenvalue weighted by molar-refractivity contribution is -0.142. The molecule has 5 nitrogen and oxygen atoms in total. The van der Waals surface area contributed by atoms with E-state index in [-0.39, 0.29) is 18.4 Å². The summed E-state index contributed by atoms with van der Waals surface area (Å²) in [5.41, 5.74) is 2.12. The lowest BCUT2D eigenvalue weighted by atomic mass is 10.1. The first-order valence-corrected chi connectivity index (χ1v) is 10.8. The van der Waals surface area contributed by atoms with Gasteiger partial charge in [0.2, 0.25) is 5.91 Å². The fourth-order valence-corrected chi connectivity index (χ4v) is 3.04. The molecule has 0 saturated heterocycles. The third-order valence-corrected chi connectivity index (χ3v) is 5.22. The van der Waals surface area contributed by atoms with E-state index in [9.17, 15) is 9.59 Å². The van der Waals surface area contributed by atoms with Crippen molar-refractivity contribution < 1.29 is 14.3 Å². The molecule has 0 bridgehead atoms. The Bertz CT molecular complexity index is 804. The monoisotopic (exact) mass is 508 g/mol. The number of rotatable bonds is 9. The molecule has 1 atom stereocenters. The number of halogens is 1. The van der Waals surface area contributed by atoms with Gasteiger partial charge in [-0.25, -0.2) is 0 Å². The van der Waals surface area contributed by atoms with Gasteiger partial charge in [-0.3, -0.25) is 9.59 Å². The average Bonchev–Trinajstić information content (AvgIpc) is 2.70. The number of hydrogen-bond acceptors (Lipinski definition) is 3. The van der Waals surface area contributed by atoms with Crippen LogP contribution >= 0.6 is 22.6 Å². The first kappa shape index (κ1) is 23.2. The van der Waals surface area contributed by atoms with Gasteiger partial charge < -0.3 is 15.0 Å². The summed E-state index contributed by atoms with van der Waals surface area (Å²) in [5.74, 6) is 0.590. The molecule has 0 aromatic heterocycles. The minimum absolute atomic E-state index is 0.117. The summed E-state index contributed by atoms with van der Waals surface area (Å²) in [7, 11) is 0.